The number of fused-ring (bicyclic) bond motifs is 1. The van der Waals surface area contributed by atoms with Gasteiger partial charge in [-0.1, -0.05) is 6.07 Å². The summed E-state index contributed by atoms with van der Waals surface area (Å²) in [5.41, 5.74) is 4.03. The number of carbonyl (C=O) groups excluding carboxylic acids is 1. The van der Waals surface area contributed by atoms with Crippen LogP contribution in [0.3, 0.4) is 0 Å². The van der Waals surface area contributed by atoms with E-state index in [2.05, 4.69) is 21.6 Å². The highest BCUT2D eigenvalue weighted by Crippen LogP contribution is 2.47. The molecule has 0 spiro atoms. The number of ether oxygens (including phenoxy) is 2. The molecule has 0 bridgehead atoms. The maximum atomic E-state index is 12.5. The van der Waals surface area contributed by atoms with E-state index >= 15 is 0 Å². The molecule has 0 saturated carbocycles. The van der Waals surface area contributed by atoms with Crippen molar-refractivity contribution >= 4 is 11.5 Å². The molecule has 3 rings (SSSR count). The molecule has 2 aromatic rings. The number of Topliss-reactive ketones (excluding diaryl/α,β-unsaturated/α-hetero) is 1. The van der Waals surface area contributed by atoms with Crippen molar-refractivity contribution in [3.8, 4) is 17.7 Å². The summed E-state index contributed by atoms with van der Waals surface area (Å²) in [7, 11) is 1.54. The SMILES string of the molecule is CCOc1nncc2c1C(c1ccc(C#N)cc1OC)C(C(C)=O)=C(C)N2. The zero-order valence-electron chi connectivity index (χ0n) is 15.7. The van der Waals surface area contributed by atoms with Crippen molar-refractivity contribution < 1.29 is 14.3 Å². The Kier molecular flexibility index (Phi) is 5.08. The lowest BCUT2D eigenvalue weighted by Gasteiger charge is -2.31. The normalized spacial score (nSPS) is 15.4. The van der Waals surface area contributed by atoms with Crippen molar-refractivity contribution in [3.05, 3.63) is 52.4 Å². The van der Waals surface area contributed by atoms with Crippen molar-refractivity contribution in [3.63, 3.8) is 0 Å². The summed E-state index contributed by atoms with van der Waals surface area (Å²) in [5.74, 6) is 0.377. The maximum Gasteiger partial charge on any atom is 0.239 e. The second-order valence-corrected chi connectivity index (χ2v) is 6.13. The summed E-state index contributed by atoms with van der Waals surface area (Å²) in [6.45, 7) is 5.66. The minimum Gasteiger partial charge on any atom is -0.496 e. The third-order valence-corrected chi connectivity index (χ3v) is 4.49. The zero-order chi connectivity index (χ0) is 19.6. The van der Waals surface area contributed by atoms with Gasteiger partial charge in [0.1, 0.15) is 5.75 Å². The average molecular weight is 364 g/mol. The van der Waals surface area contributed by atoms with Crippen LogP contribution >= 0.6 is 0 Å². The van der Waals surface area contributed by atoms with Crippen LogP contribution in [0.25, 0.3) is 0 Å². The number of aromatic nitrogens is 2. The van der Waals surface area contributed by atoms with E-state index in [9.17, 15) is 10.1 Å². The number of carbonyl (C=O) groups is 1. The van der Waals surface area contributed by atoms with Crippen LogP contribution in [0.1, 0.15) is 43.4 Å². The standard InChI is InChI=1S/C20H20N4O3/c1-5-27-20-19-15(10-22-24-20)23-11(2)17(12(3)25)18(19)14-7-6-13(9-21)8-16(14)26-4/h6-8,10,18,23H,5H2,1-4H3. The van der Waals surface area contributed by atoms with E-state index in [4.69, 9.17) is 9.47 Å². The molecule has 1 unspecified atom stereocenters. The molecule has 0 radical (unpaired) electrons. The van der Waals surface area contributed by atoms with Crippen LogP contribution in [0, 0.1) is 11.3 Å². The molecule has 138 valence electrons. The van der Waals surface area contributed by atoms with Gasteiger partial charge in [-0.3, -0.25) is 4.79 Å². The molecule has 1 aromatic heterocycles. The Morgan fingerprint density at radius 1 is 1.41 bits per heavy atom. The number of ketones is 1. The number of benzene rings is 1. The van der Waals surface area contributed by atoms with Crippen LogP contribution in [0.15, 0.2) is 35.7 Å². The maximum absolute atomic E-state index is 12.5. The molecule has 0 amide bonds. The lowest BCUT2D eigenvalue weighted by molar-refractivity contribution is -0.113. The summed E-state index contributed by atoms with van der Waals surface area (Å²) < 4.78 is 11.2. The fourth-order valence-corrected chi connectivity index (χ4v) is 3.43. The molecule has 0 saturated heterocycles. The van der Waals surface area contributed by atoms with Gasteiger partial charge >= 0.3 is 0 Å². The van der Waals surface area contributed by atoms with E-state index in [-0.39, 0.29) is 5.78 Å². The van der Waals surface area contributed by atoms with Crippen molar-refractivity contribution in [2.24, 2.45) is 0 Å². The molecular formula is C20H20N4O3. The second-order valence-electron chi connectivity index (χ2n) is 6.13. The Morgan fingerprint density at radius 2 is 2.19 bits per heavy atom. The molecule has 1 aliphatic heterocycles. The van der Waals surface area contributed by atoms with E-state index in [1.54, 1.807) is 25.4 Å². The first kappa shape index (κ1) is 18.4. The third-order valence-electron chi connectivity index (χ3n) is 4.49. The molecule has 7 nitrogen and oxygen atoms in total. The topological polar surface area (TPSA) is 97.1 Å². The number of rotatable bonds is 5. The fourth-order valence-electron chi connectivity index (χ4n) is 3.43. The minimum atomic E-state index is -0.446. The van der Waals surface area contributed by atoms with Gasteiger partial charge in [0.05, 0.1) is 48.7 Å². The van der Waals surface area contributed by atoms with Crippen LogP contribution in [0.2, 0.25) is 0 Å². The van der Waals surface area contributed by atoms with Crippen LogP contribution in [0.4, 0.5) is 5.69 Å². The molecular weight excluding hydrogens is 344 g/mol. The largest absolute Gasteiger partial charge is 0.496 e. The number of allylic oxidation sites excluding steroid dienone is 2. The van der Waals surface area contributed by atoms with Gasteiger partial charge in [0, 0.05) is 16.8 Å². The molecule has 1 aromatic carbocycles. The molecule has 1 aliphatic rings. The van der Waals surface area contributed by atoms with Crippen molar-refractivity contribution in [2.45, 2.75) is 26.7 Å². The quantitative estimate of drug-likeness (QED) is 0.870. The van der Waals surface area contributed by atoms with Crippen molar-refractivity contribution in [1.82, 2.24) is 10.2 Å². The zero-order valence-corrected chi connectivity index (χ0v) is 15.7. The summed E-state index contributed by atoms with van der Waals surface area (Å²) in [5, 5.41) is 20.6. The van der Waals surface area contributed by atoms with Crippen LogP contribution in [-0.2, 0) is 4.79 Å². The summed E-state index contributed by atoms with van der Waals surface area (Å²) in [6.07, 6.45) is 1.61. The number of nitrogens with one attached hydrogen (secondary N) is 1. The lowest BCUT2D eigenvalue weighted by atomic mass is 9.79. The first-order chi connectivity index (χ1) is 13.0. The van der Waals surface area contributed by atoms with E-state index in [0.29, 0.717) is 29.4 Å². The minimum absolute atomic E-state index is 0.0682. The first-order valence-electron chi connectivity index (χ1n) is 8.56. The number of anilines is 1. The van der Waals surface area contributed by atoms with Crippen LogP contribution in [-0.4, -0.2) is 29.7 Å². The van der Waals surface area contributed by atoms with Gasteiger partial charge in [0.2, 0.25) is 5.88 Å². The number of nitrogens with zero attached hydrogens (tertiary/aromatic N) is 3. The average Bonchev–Trinajstić information content (AvgIpc) is 2.66. The van der Waals surface area contributed by atoms with Crippen molar-refractivity contribution in [2.75, 3.05) is 19.0 Å². The Hall–Kier alpha value is -3.40. The van der Waals surface area contributed by atoms with E-state index in [1.165, 1.54) is 6.92 Å². The molecule has 2 heterocycles. The second kappa shape index (κ2) is 7.46. The van der Waals surface area contributed by atoms with Crippen LogP contribution < -0.4 is 14.8 Å². The van der Waals surface area contributed by atoms with Gasteiger partial charge < -0.3 is 14.8 Å². The van der Waals surface area contributed by atoms with Gasteiger partial charge in [-0.15, -0.1) is 5.10 Å². The predicted molar refractivity (Wildman–Crippen MR) is 99.8 cm³/mol. The highest BCUT2D eigenvalue weighted by molar-refractivity contribution is 5.99. The Balaban J connectivity index is 2.32. The first-order valence-corrected chi connectivity index (χ1v) is 8.56. The summed E-state index contributed by atoms with van der Waals surface area (Å²) in [6, 6.07) is 7.29. The highest BCUT2D eigenvalue weighted by Gasteiger charge is 2.35. The number of nitriles is 1. The number of hydrogen-bond acceptors (Lipinski definition) is 7. The van der Waals surface area contributed by atoms with E-state index < -0.39 is 5.92 Å². The van der Waals surface area contributed by atoms with Crippen LogP contribution in [0.5, 0.6) is 11.6 Å². The molecule has 0 fully saturated rings. The van der Waals surface area contributed by atoms with E-state index in [0.717, 1.165) is 22.5 Å². The number of hydrogen-bond donors (Lipinski definition) is 1. The van der Waals surface area contributed by atoms with Gasteiger partial charge in [-0.05, 0) is 32.9 Å². The van der Waals surface area contributed by atoms with Gasteiger partial charge in [0.25, 0.3) is 0 Å². The Labute approximate surface area is 157 Å². The fraction of sp³-hybridized carbons (Fsp3) is 0.300. The van der Waals surface area contributed by atoms with Gasteiger partial charge in [0.15, 0.2) is 5.78 Å². The molecule has 7 heteroatoms. The monoisotopic (exact) mass is 364 g/mol. The van der Waals surface area contributed by atoms with E-state index in [1.807, 2.05) is 19.9 Å². The van der Waals surface area contributed by atoms with Gasteiger partial charge in [-0.25, -0.2) is 0 Å². The predicted octanol–water partition coefficient (Wildman–Crippen LogP) is 3.18. The Morgan fingerprint density at radius 3 is 2.81 bits per heavy atom. The lowest BCUT2D eigenvalue weighted by Crippen LogP contribution is -2.23. The summed E-state index contributed by atoms with van der Waals surface area (Å²) >= 11 is 0. The third kappa shape index (κ3) is 3.22. The Bertz CT molecular complexity index is 976. The molecule has 1 N–H and O–H groups in total. The van der Waals surface area contributed by atoms with Gasteiger partial charge in [-0.2, -0.15) is 10.4 Å². The number of methoxy groups -OCH3 is 1. The smallest absolute Gasteiger partial charge is 0.239 e. The molecule has 27 heavy (non-hydrogen) atoms. The highest BCUT2D eigenvalue weighted by atomic mass is 16.5. The molecule has 0 aliphatic carbocycles. The molecule has 1 atom stereocenters. The summed E-state index contributed by atoms with van der Waals surface area (Å²) in [4.78, 5) is 12.5. The van der Waals surface area contributed by atoms with Crippen molar-refractivity contribution in [1.29, 1.82) is 5.26 Å².